The molecule has 29 heavy (non-hydrogen) atoms. The lowest BCUT2D eigenvalue weighted by molar-refractivity contribution is -0.142. The lowest BCUT2D eigenvalue weighted by atomic mass is 9.95. The normalized spacial score (nSPS) is 16.7. The number of ether oxygens (including phenoxy) is 1. The Balaban J connectivity index is 2.40. The number of hydrogen-bond acceptors (Lipinski definition) is 4. The zero-order valence-corrected chi connectivity index (χ0v) is 17.9. The number of carbonyl (C=O) groups is 1. The van der Waals surface area contributed by atoms with E-state index in [-0.39, 0.29) is 43.3 Å². The topological polar surface area (TPSA) is 66.9 Å². The number of aryl methyl sites for hydroxylation is 1. The molecule has 10 heteroatoms. The fourth-order valence-corrected chi connectivity index (χ4v) is 4.77. The first-order chi connectivity index (χ1) is 13.2. The molecular weight excluding hydrogens is 409 g/mol. The summed E-state index contributed by atoms with van der Waals surface area (Å²) in [6.07, 6.45) is -4.56. The monoisotopic (exact) mass is 436 g/mol. The highest BCUT2D eigenvalue weighted by Crippen LogP contribution is 2.26. The van der Waals surface area contributed by atoms with Crippen LogP contribution in [-0.4, -0.2) is 69.1 Å². The molecule has 0 saturated carbocycles. The summed E-state index contributed by atoms with van der Waals surface area (Å²) in [5.41, 5.74) is -0.226. The number of benzene rings is 1. The summed E-state index contributed by atoms with van der Waals surface area (Å²) < 4.78 is 71.5. The van der Waals surface area contributed by atoms with Crippen molar-refractivity contribution in [2.45, 2.75) is 38.8 Å². The average Bonchev–Trinajstić information content (AvgIpc) is 2.59. The van der Waals surface area contributed by atoms with Gasteiger partial charge in [-0.15, -0.1) is 0 Å². The summed E-state index contributed by atoms with van der Waals surface area (Å²) in [7, 11) is -3.88. The molecule has 0 aromatic heterocycles. The average molecular weight is 436 g/mol. The summed E-state index contributed by atoms with van der Waals surface area (Å²) >= 11 is 0. The van der Waals surface area contributed by atoms with Crippen LogP contribution in [0.25, 0.3) is 0 Å². The number of alkyl halides is 3. The Bertz CT molecular complexity index is 826. The Kier molecular flexibility index (Phi) is 7.01. The largest absolute Gasteiger partial charge is 0.406 e. The van der Waals surface area contributed by atoms with Gasteiger partial charge in [0.25, 0.3) is 5.91 Å². The Morgan fingerprint density at radius 3 is 2.24 bits per heavy atom. The van der Waals surface area contributed by atoms with E-state index in [0.717, 1.165) is 4.90 Å². The fraction of sp³-hybridized carbons (Fsp3) is 0.632. The van der Waals surface area contributed by atoms with Gasteiger partial charge in [0.15, 0.2) is 0 Å². The number of amides is 1. The van der Waals surface area contributed by atoms with Crippen LogP contribution in [0.5, 0.6) is 0 Å². The van der Waals surface area contributed by atoms with Gasteiger partial charge in [0.1, 0.15) is 6.54 Å². The lowest BCUT2D eigenvalue weighted by Crippen LogP contribution is -2.43. The highest BCUT2D eigenvalue weighted by Gasteiger charge is 2.36. The smallest absolute Gasteiger partial charge is 0.379 e. The van der Waals surface area contributed by atoms with E-state index in [0.29, 0.717) is 5.56 Å². The molecule has 1 amide bonds. The Labute approximate surface area is 169 Å². The van der Waals surface area contributed by atoms with Crippen LogP contribution in [-0.2, 0) is 14.8 Å². The summed E-state index contributed by atoms with van der Waals surface area (Å²) in [5, 5.41) is 0. The maximum Gasteiger partial charge on any atom is 0.406 e. The van der Waals surface area contributed by atoms with Crippen LogP contribution in [0.4, 0.5) is 13.2 Å². The maximum absolute atomic E-state index is 13.0. The van der Waals surface area contributed by atoms with Crippen molar-refractivity contribution < 1.29 is 31.1 Å². The van der Waals surface area contributed by atoms with Crippen LogP contribution in [0.1, 0.15) is 36.7 Å². The predicted molar refractivity (Wildman–Crippen MR) is 102 cm³/mol. The van der Waals surface area contributed by atoms with E-state index >= 15 is 0 Å². The van der Waals surface area contributed by atoms with Gasteiger partial charge in [0.2, 0.25) is 10.0 Å². The third-order valence-electron chi connectivity index (χ3n) is 4.35. The summed E-state index contributed by atoms with van der Waals surface area (Å²) in [6.45, 7) is 6.16. The molecular formula is C19H27F3N2O4S. The third kappa shape index (κ3) is 6.42. The summed E-state index contributed by atoms with van der Waals surface area (Å²) in [6, 6.07) is 3.99. The SMILES string of the molecule is Cc1ccc(C(=O)N(CC(C)(C)C)CC(F)(F)F)cc1S(=O)(=O)N1CCOCC1. The van der Waals surface area contributed by atoms with Crippen LogP contribution in [0.3, 0.4) is 0 Å². The Hall–Kier alpha value is -1.65. The molecule has 0 atom stereocenters. The van der Waals surface area contributed by atoms with E-state index in [4.69, 9.17) is 4.74 Å². The number of nitrogens with zero attached hydrogens (tertiary/aromatic N) is 2. The van der Waals surface area contributed by atoms with E-state index in [2.05, 4.69) is 0 Å². The fourth-order valence-electron chi connectivity index (χ4n) is 3.11. The molecule has 0 aliphatic carbocycles. The van der Waals surface area contributed by atoms with Gasteiger partial charge in [-0.3, -0.25) is 4.79 Å². The minimum Gasteiger partial charge on any atom is -0.379 e. The second-order valence-corrected chi connectivity index (χ2v) is 10.2. The number of morpholine rings is 1. The van der Waals surface area contributed by atoms with Gasteiger partial charge < -0.3 is 9.64 Å². The van der Waals surface area contributed by atoms with Crippen molar-refractivity contribution in [3.8, 4) is 0 Å². The van der Waals surface area contributed by atoms with Crippen LogP contribution in [0, 0.1) is 12.3 Å². The van der Waals surface area contributed by atoms with Gasteiger partial charge in [-0.25, -0.2) is 8.42 Å². The van der Waals surface area contributed by atoms with Crippen LogP contribution >= 0.6 is 0 Å². The van der Waals surface area contributed by atoms with E-state index < -0.39 is 34.1 Å². The van der Waals surface area contributed by atoms with Gasteiger partial charge in [0.05, 0.1) is 18.1 Å². The molecule has 0 N–H and O–H groups in total. The second-order valence-electron chi connectivity index (χ2n) is 8.33. The molecule has 0 spiro atoms. The minimum absolute atomic E-state index is 0.0760. The lowest BCUT2D eigenvalue weighted by Gasteiger charge is -2.31. The van der Waals surface area contributed by atoms with E-state index in [1.54, 1.807) is 27.7 Å². The van der Waals surface area contributed by atoms with Gasteiger partial charge >= 0.3 is 6.18 Å². The third-order valence-corrected chi connectivity index (χ3v) is 6.39. The van der Waals surface area contributed by atoms with Gasteiger partial charge in [0, 0.05) is 25.2 Å². The molecule has 0 bridgehead atoms. The van der Waals surface area contributed by atoms with E-state index in [9.17, 15) is 26.4 Å². The molecule has 6 nitrogen and oxygen atoms in total. The zero-order valence-electron chi connectivity index (χ0n) is 17.0. The van der Waals surface area contributed by atoms with Crippen LogP contribution < -0.4 is 0 Å². The molecule has 1 saturated heterocycles. The first-order valence-electron chi connectivity index (χ1n) is 9.25. The van der Waals surface area contributed by atoms with E-state index in [1.165, 1.54) is 22.5 Å². The standard InChI is InChI=1S/C19H27F3N2O4S/c1-14-5-6-15(11-16(14)29(26,27)24-7-9-28-10-8-24)17(25)23(12-18(2,3)4)13-19(20,21)22/h5-6,11H,7-10,12-13H2,1-4H3. The number of halogens is 3. The first kappa shape index (κ1) is 23.6. The second kappa shape index (κ2) is 8.61. The molecule has 1 aromatic carbocycles. The van der Waals surface area contributed by atoms with Crippen LogP contribution in [0.2, 0.25) is 0 Å². The van der Waals surface area contributed by atoms with Gasteiger partial charge in [-0.1, -0.05) is 26.8 Å². The molecule has 1 aliphatic heterocycles. The molecule has 1 fully saturated rings. The molecule has 0 unspecified atom stereocenters. The van der Waals surface area contributed by atoms with Crippen molar-refractivity contribution in [1.29, 1.82) is 0 Å². The van der Waals surface area contributed by atoms with E-state index in [1.807, 2.05) is 0 Å². The van der Waals surface area contributed by atoms with Crippen molar-refractivity contribution in [3.63, 3.8) is 0 Å². The van der Waals surface area contributed by atoms with Crippen molar-refractivity contribution >= 4 is 15.9 Å². The molecule has 2 rings (SSSR count). The highest BCUT2D eigenvalue weighted by molar-refractivity contribution is 7.89. The number of hydrogen-bond donors (Lipinski definition) is 0. The number of sulfonamides is 1. The summed E-state index contributed by atoms with van der Waals surface area (Å²) in [5.74, 6) is -0.851. The zero-order chi connectivity index (χ0) is 22.0. The van der Waals surface area contributed by atoms with Crippen molar-refractivity contribution in [1.82, 2.24) is 9.21 Å². The van der Waals surface area contributed by atoms with Crippen molar-refractivity contribution in [3.05, 3.63) is 29.3 Å². The highest BCUT2D eigenvalue weighted by atomic mass is 32.2. The van der Waals surface area contributed by atoms with Crippen molar-refractivity contribution in [2.75, 3.05) is 39.4 Å². The van der Waals surface area contributed by atoms with Gasteiger partial charge in [-0.2, -0.15) is 17.5 Å². The molecule has 1 aromatic rings. The van der Waals surface area contributed by atoms with Gasteiger partial charge in [-0.05, 0) is 30.0 Å². The number of carbonyl (C=O) groups excluding carboxylic acids is 1. The quantitative estimate of drug-likeness (QED) is 0.712. The molecule has 1 aliphatic rings. The molecule has 0 radical (unpaired) electrons. The minimum atomic E-state index is -4.56. The van der Waals surface area contributed by atoms with Crippen molar-refractivity contribution in [2.24, 2.45) is 5.41 Å². The van der Waals surface area contributed by atoms with Crippen LogP contribution in [0.15, 0.2) is 23.1 Å². The Morgan fingerprint density at radius 2 is 1.72 bits per heavy atom. The molecule has 1 heterocycles. The first-order valence-corrected chi connectivity index (χ1v) is 10.7. The number of rotatable bonds is 5. The summed E-state index contributed by atoms with van der Waals surface area (Å²) in [4.78, 5) is 13.5. The molecule has 164 valence electrons. The Morgan fingerprint density at radius 1 is 1.14 bits per heavy atom. The predicted octanol–water partition coefficient (Wildman–Crippen LogP) is 3.07. The maximum atomic E-state index is 13.0.